The summed E-state index contributed by atoms with van der Waals surface area (Å²) in [6.07, 6.45) is 2.04. The lowest BCUT2D eigenvalue weighted by Crippen LogP contribution is -2.30. The molecular formula is C25H27N3O2. The lowest BCUT2D eigenvalue weighted by atomic mass is 9.98. The van der Waals surface area contributed by atoms with Gasteiger partial charge in [-0.15, -0.1) is 0 Å². The van der Waals surface area contributed by atoms with Gasteiger partial charge in [0.2, 0.25) is 0 Å². The molecule has 0 saturated carbocycles. The fraction of sp³-hybridized carbons (Fsp3) is 0.280. The summed E-state index contributed by atoms with van der Waals surface area (Å²) < 4.78 is 0. The number of amides is 1. The van der Waals surface area contributed by atoms with Crippen molar-refractivity contribution in [1.29, 1.82) is 0 Å². The highest BCUT2D eigenvalue weighted by molar-refractivity contribution is 5.95. The quantitative estimate of drug-likeness (QED) is 0.682. The molecule has 0 fully saturated rings. The minimum Gasteiger partial charge on any atom is -0.367 e. The molecule has 1 aliphatic heterocycles. The Morgan fingerprint density at radius 3 is 2.67 bits per heavy atom. The maximum Gasteiger partial charge on any atom is 0.253 e. The SMILES string of the molecule is Cc1cc(C)c(CNC(=O)c2ccc3c(c2)CCCN3Cc2ccccc2)c(=O)[nH]1. The molecule has 0 spiro atoms. The van der Waals surface area contributed by atoms with Gasteiger partial charge in [-0.1, -0.05) is 30.3 Å². The van der Waals surface area contributed by atoms with E-state index in [0.717, 1.165) is 37.2 Å². The molecule has 0 bridgehead atoms. The van der Waals surface area contributed by atoms with E-state index in [-0.39, 0.29) is 18.0 Å². The van der Waals surface area contributed by atoms with Crippen LogP contribution in [0.15, 0.2) is 59.4 Å². The van der Waals surface area contributed by atoms with Crippen LogP contribution >= 0.6 is 0 Å². The summed E-state index contributed by atoms with van der Waals surface area (Å²) in [6, 6.07) is 18.3. The first-order valence-electron chi connectivity index (χ1n) is 10.4. The van der Waals surface area contributed by atoms with E-state index < -0.39 is 0 Å². The van der Waals surface area contributed by atoms with Gasteiger partial charge >= 0.3 is 0 Å². The first-order chi connectivity index (χ1) is 14.5. The monoisotopic (exact) mass is 401 g/mol. The largest absolute Gasteiger partial charge is 0.367 e. The smallest absolute Gasteiger partial charge is 0.253 e. The Kier molecular flexibility index (Phi) is 5.70. The van der Waals surface area contributed by atoms with Gasteiger partial charge in [-0.3, -0.25) is 9.59 Å². The summed E-state index contributed by atoms with van der Waals surface area (Å²) in [6.45, 7) is 5.85. The van der Waals surface area contributed by atoms with Gasteiger partial charge < -0.3 is 15.2 Å². The minimum atomic E-state index is -0.155. The molecule has 1 aromatic heterocycles. The number of H-pyrrole nitrogens is 1. The fourth-order valence-corrected chi connectivity index (χ4v) is 4.16. The molecule has 2 heterocycles. The highest BCUT2D eigenvalue weighted by Gasteiger charge is 2.19. The van der Waals surface area contributed by atoms with Crippen LogP contribution in [0.3, 0.4) is 0 Å². The van der Waals surface area contributed by atoms with Crippen LogP contribution in [0.1, 0.15) is 44.7 Å². The molecule has 5 nitrogen and oxygen atoms in total. The van der Waals surface area contributed by atoms with Crippen LogP contribution in [0.4, 0.5) is 5.69 Å². The van der Waals surface area contributed by atoms with E-state index in [1.165, 1.54) is 16.8 Å². The van der Waals surface area contributed by atoms with Crippen molar-refractivity contribution in [2.75, 3.05) is 11.4 Å². The number of aryl methyl sites for hydroxylation is 3. The Hall–Kier alpha value is -3.34. The summed E-state index contributed by atoms with van der Waals surface area (Å²) in [7, 11) is 0. The van der Waals surface area contributed by atoms with Crippen molar-refractivity contribution in [3.63, 3.8) is 0 Å². The van der Waals surface area contributed by atoms with Gasteiger partial charge in [0.15, 0.2) is 0 Å². The first kappa shape index (κ1) is 20.0. The third-order valence-corrected chi connectivity index (χ3v) is 5.69. The second-order valence-corrected chi connectivity index (χ2v) is 7.98. The molecule has 30 heavy (non-hydrogen) atoms. The van der Waals surface area contributed by atoms with Crippen molar-refractivity contribution in [2.24, 2.45) is 0 Å². The molecule has 0 aliphatic carbocycles. The Labute approximate surface area is 176 Å². The molecule has 5 heteroatoms. The third-order valence-electron chi connectivity index (χ3n) is 5.69. The Morgan fingerprint density at radius 2 is 1.90 bits per heavy atom. The summed E-state index contributed by atoms with van der Waals surface area (Å²) in [5, 5.41) is 2.90. The zero-order valence-corrected chi connectivity index (χ0v) is 17.5. The predicted octanol–water partition coefficient (Wildman–Crippen LogP) is 3.87. The molecule has 0 atom stereocenters. The molecule has 0 unspecified atom stereocenters. The van der Waals surface area contributed by atoms with Crippen LogP contribution in [0.5, 0.6) is 0 Å². The number of hydrogen-bond donors (Lipinski definition) is 2. The average Bonchev–Trinajstić information content (AvgIpc) is 2.73. The maximum atomic E-state index is 12.7. The lowest BCUT2D eigenvalue weighted by Gasteiger charge is -2.31. The van der Waals surface area contributed by atoms with E-state index >= 15 is 0 Å². The zero-order valence-electron chi connectivity index (χ0n) is 17.5. The summed E-state index contributed by atoms with van der Waals surface area (Å²) in [5.74, 6) is -0.155. The number of hydrogen-bond acceptors (Lipinski definition) is 3. The topological polar surface area (TPSA) is 65.2 Å². The van der Waals surface area contributed by atoms with Gasteiger partial charge in [0, 0.05) is 42.1 Å². The number of fused-ring (bicyclic) bond motifs is 1. The van der Waals surface area contributed by atoms with Crippen LogP contribution < -0.4 is 15.8 Å². The summed E-state index contributed by atoms with van der Waals surface area (Å²) in [4.78, 5) is 30.1. The van der Waals surface area contributed by atoms with E-state index in [9.17, 15) is 9.59 Å². The maximum absolute atomic E-state index is 12.7. The molecule has 2 N–H and O–H groups in total. The molecule has 2 aromatic carbocycles. The number of benzene rings is 2. The number of rotatable bonds is 5. The van der Waals surface area contributed by atoms with E-state index in [0.29, 0.717) is 11.1 Å². The number of nitrogens with zero attached hydrogens (tertiary/aromatic N) is 1. The number of aromatic nitrogens is 1. The number of aromatic amines is 1. The first-order valence-corrected chi connectivity index (χ1v) is 10.4. The minimum absolute atomic E-state index is 0.144. The highest BCUT2D eigenvalue weighted by Crippen LogP contribution is 2.29. The van der Waals surface area contributed by atoms with Crippen molar-refractivity contribution in [2.45, 2.75) is 39.8 Å². The van der Waals surface area contributed by atoms with Gasteiger partial charge in [-0.25, -0.2) is 0 Å². The van der Waals surface area contributed by atoms with Crippen LogP contribution in [0, 0.1) is 13.8 Å². The number of carbonyl (C=O) groups is 1. The molecule has 154 valence electrons. The van der Waals surface area contributed by atoms with Gasteiger partial charge in [-0.05, 0) is 67.6 Å². The number of pyridine rings is 1. The van der Waals surface area contributed by atoms with Crippen molar-refractivity contribution in [3.8, 4) is 0 Å². The predicted molar refractivity (Wildman–Crippen MR) is 120 cm³/mol. The van der Waals surface area contributed by atoms with Crippen LogP contribution in [-0.2, 0) is 19.5 Å². The number of carbonyl (C=O) groups excluding carboxylic acids is 1. The fourth-order valence-electron chi connectivity index (χ4n) is 4.16. The Morgan fingerprint density at radius 1 is 1.10 bits per heavy atom. The standard InChI is InChI=1S/C25H27N3O2/c1-17-13-18(2)27-25(30)22(17)15-26-24(29)21-10-11-23-20(14-21)9-6-12-28(23)16-19-7-4-3-5-8-19/h3-5,7-8,10-11,13-14H,6,9,12,15-16H2,1-2H3,(H,26,29)(H,27,30). The van der Waals surface area contributed by atoms with E-state index in [4.69, 9.17) is 0 Å². The Balaban J connectivity index is 1.48. The number of anilines is 1. The summed E-state index contributed by atoms with van der Waals surface area (Å²) in [5.41, 5.74) is 6.49. The van der Waals surface area contributed by atoms with E-state index in [1.54, 1.807) is 0 Å². The average molecular weight is 402 g/mol. The lowest BCUT2D eigenvalue weighted by molar-refractivity contribution is 0.0950. The van der Waals surface area contributed by atoms with Gasteiger partial charge in [0.25, 0.3) is 11.5 Å². The zero-order chi connectivity index (χ0) is 21.1. The van der Waals surface area contributed by atoms with Crippen molar-refractivity contribution < 1.29 is 4.79 Å². The molecule has 4 rings (SSSR count). The van der Waals surface area contributed by atoms with Gasteiger partial charge in [0.05, 0.1) is 0 Å². The van der Waals surface area contributed by atoms with E-state index in [2.05, 4.69) is 45.5 Å². The molecule has 0 saturated heterocycles. The van der Waals surface area contributed by atoms with Crippen molar-refractivity contribution in [3.05, 3.63) is 98.5 Å². The van der Waals surface area contributed by atoms with Gasteiger partial charge in [0.1, 0.15) is 0 Å². The normalized spacial score (nSPS) is 13.1. The molecule has 3 aromatic rings. The molecule has 0 radical (unpaired) electrons. The van der Waals surface area contributed by atoms with Crippen LogP contribution in [0.25, 0.3) is 0 Å². The molecular weight excluding hydrogens is 374 g/mol. The second kappa shape index (κ2) is 8.57. The second-order valence-electron chi connectivity index (χ2n) is 7.98. The number of nitrogens with one attached hydrogen (secondary N) is 2. The molecule has 1 aliphatic rings. The van der Waals surface area contributed by atoms with Crippen LogP contribution in [0.2, 0.25) is 0 Å². The van der Waals surface area contributed by atoms with Crippen molar-refractivity contribution >= 4 is 11.6 Å². The van der Waals surface area contributed by atoms with Gasteiger partial charge in [-0.2, -0.15) is 0 Å². The summed E-state index contributed by atoms with van der Waals surface area (Å²) >= 11 is 0. The highest BCUT2D eigenvalue weighted by atomic mass is 16.1. The van der Waals surface area contributed by atoms with Crippen molar-refractivity contribution in [1.82, 2.24) is 10.3 Å². The van der Waals surface area contributed by atoms with Crippen LogP contribution in [-0.4, -0.2) is 17.4 Å². The van der Waals surface area contributed by atoms with E-state index in [1.807, 2.05) is 38.1 Å². The molecule has 1 amide bonds. The third kappa shape index (κ3) is 4.30. The Bertz CT molecular complexity index is 1120.